The summed E-state index contributed by atoms with van der Waals surface area (Å²) in [6.45, 7) is 0. The second-order valence-electron chi connectivity index (χ2n) is 6.52. The number of fused-ring (bicyclic) bond motifs is 4. The smallest absolute Gasteiger partial charge is 0.194 e. The van der Waals surface area contributed by atoms with Crippen LogP contribution in [0.15, 0.2) is 91.0 Å². The number of nitrogens with zero attached hydrogens (tertiary/aromatic N) is 1. The summed E-state index contributed by atoms with van der Waals surface area (Å²) < 4.78 is 2.31. The molecule has 0 unspecified atom stereocenters. The Morgan fingerprint density at radius 1 is 0.520 bits per heavy atom. The molecule has 25 heavy (non-hydrogen) atoms. The van der Waals surface area contributed by atoms with Crippen LogP contribution in [0.1, 0.15) is 0 Å². The van der Waals surface area contributed by atoms with Gasteiger partial charge in [0.25, 0.3) is 0 Å². The Morgan fingerprint density at radius 3 is 2.04 bits per heavy atom. The van der Waals surface area contributed by atoms with Crippen LogP contribution in [0.5, 0.6) is 0 Å². The number of hydrogen-bond donors (Lipinski definition) is 0. The molecule has 1 heteroatoms. The molecule has 0 saturated carbocycles. The van der Waals surface area contributed by atoms with Crippen molar-refractivity contribution in [1.82, 2.24) is 0 Å². The Balaban J connectivity index is 1.85. The molecule has 0 aliphatic carbocycles. The highest BCUT2D eigenvalue weighted by molar-refractivity contribution is 6.05. The van der Waals surface area contributed by atoms with Gasteiger partial charge in [0.05, 0.1) is 10.9 Å². The van der Waals surface area contributed by atoms with E-state index in [1.807, 2.05) is 0 Å². The second kappa shape index (κ2) is 5.42. The van der Waals surface area contributed by atoms with E-state index in [1.54, 1.807) is 0 Å². The SMILES string of the molecule is C[n+]1c(-c2cccc3ccccc23)ccc2c3ccccc3ccc21. The maximum Gasteiger partial charge on any atom is 0.213 e. The molecule has 1 aromatic heterocycles. The predicted octanol–water partition coefficient (Wildman–Crippen LogP) is 5.64. The summed E-state index contributed by atoms with van der Waals surface area (Å²) >= 11 is 0. The van der Waals surface area contributed by atoms with Gasteiger partial charge in [-0.3, -0.25) is 0 Å². The van der Waals surface area contributed by atoms with Crippen molar-refractivity contribution >= 4 is 32.4 Å². The maximum absolute atomic E-state index is 2.31. The van der Waals surface area contributed by atoms with Crippen LogP contribution in [-0.4, -0.2) is 0 Å². The van der Waals surface area contributed by atoms with Crippen molar-refractivity contribution in [2.45, 2.75) is 0 Å². The molecule has 5 rings (SSSR count). The van der Waals surface area contributed by atoms with Crippen molar-refractivity contribution in [1.29, 1.82) is 0 Å². The first kappa shape index (κ1) is 14.2. The van der Waals surface area contributed by atoms with Crippen LogP contribution in [0.25, 0.3) is 43.7 Å². The first-order valence-electron chi connectivity index (χ1n) is 8.61. The van der Waals surface area contributed by atoms with Crippen LogP contribution < -0.4 is 4.57 Å². The highest BCUT2D eigenvalue weighted by Crippen LogP contribution is 2.29. The van der Waals surface area contributed by atoms with Crippen molar-refractivity contribution in [3.05, 3.63) is 91.0 Å². The van der Waals surface area contributed by atoms with Crippen LogP contribution in [0.2, 0.25) is 0 Å². The lowest BCUT2D eigenvalue weighted by atomic mass is 9.99. The molecule has 0 saturated heterocycles. The molecule has 0 aliphatic rings. The second-order valence-corrected chi connectivity index (χ2v) is 6.52. The number of hydrogen-bond acceptors (Lipinski definition) is 0. The van der Waals surface area contributed by atoms with E-state index >= 15 is 0 Å². The Morgan fingerprint density at radius 2 is 1.20 bits per heavy atom. The molecule has 4 aromatic carbocycles. The summed E-state index contributed by atoms with van der Waals surface area (Å²) in [5.41, 5.74) is 3.76. The van der Waals surface area contributed by atoms with Crippen LogP contribution in [0, 0.1) is 0 Å². The molecule has 1 nitrogen and oxygen atoms in total. The molecule has 0 fully saturated rings. The molecule has 0 spiro atoms. The predicted molar refractivity (Wildman–Crippen MR) is 106 cm³/mol. The summed E-state index contributed by atoms with van der Waals surface area (Å²) in [4.78, 5) is 0. The van der Waals surface area contributed by atoms with Crippen molar-refractivity contribution in [3.8, 4) is 11.3 Å². The van der Waals surface area contributed by atoms with Gasteiger partial charge in [-0.15, -0.1) is 0 Å². The number of aromatic nitrogens is 1. The lowest BCUT2D eigenvalue weighted by molar-refractivity contribution is -0.633. The van der Waals surface area contributed by atoms with Crippen LogP contribution in [-0.2, 0) is 7.05 Å². The van der Waals surface area contributed by atoms with Crippen LogP contribution >= 0.6 is 0 Å². The van der Waals surface area contributed by atoms with Gasteiger partial charge in [0, 0.05) is 12.1 Å². The molecular weight excluding hydrogens is 302 g/mol. The van der Waals surface area contributed by atoms with Crippen molar-refractivity contribution in [2.24, 2.45) is 7.05 Å². The summed E-state index contributed by atoms with van der Waals surface area (Å²) in [6, 6.07) is 32.6. The number of benzene rings is 4. The van der Waals surface area contributed by atoms with Gasteiger partial charge in [0.2, 0.25) is 11.2 Å². The van der Waals surface area contributed by atoms with Crippen LogP contribution in [0.4, 0.5) is 0 Å². The molecule has 0 atom stereocenters. The summed E-state index contributed by atoms with van der Waals surface area (Å²) in [6.07, 6.45) is 0. The quantitative estimate of drug-likeness (QED) is 0.278. The molecule has 0 N–H and O–H groups in total. The lowest BCUT2D eigenvalue weighted by Crippen LogP contribution is -2.32. The zero-order valence-corrected chi connectivity index (χ0v) is 14.1. The standard InChI is InChI=1S/C24H18N/c1-25-23-15-13-18-8-3-5-11-20(18)22(23)14-16-24(25)21-12-6-9-17-7-2-4-10-19(17)21/h2-16H,1H3/q+1. The van der Waals surface area contributed by atoms with E-state index in [0.717, 1.165) is 0 Å². The first-order chi connectivity index (χ1) is 12.3. The summed E-state index contributed by atoms with van der Waals surface area (Å²) in [7, 11) is 2.16. The number of rotatable bonds is 1. The first-order valence-corrected chi connectivity index (χ1v) is 8.61. The average molecular weight is 320 g/mol. The van der Waals surface area contributed by atoms with Gasteiger partial charge in [-0.25, -0.2) is 0 Å². The zero-order valence-electron chi connectivity index (χ0n) is 14.1. The lowest BCUT2D eigenvalue weighted by Gasteiger charge is -2.08. The topological polar surface area (TPSA) is 3.88 Å². The molecule has 0 radical (unpaired) electrons. The summed E-state index contributed by atoms with van der Waals surface area (Å²) in [5, 5.41) is 6.46. The van der Waals surface area contributed by atoms with Crippen molar-refractivity contribution in [3.63, 3.8) is 0 Å². The molecular formula is C24H18N+. The Kier molecular flexibility index (Phi) is 3.07. The third-order valence-corrected chi connectivity index (χ3v) is 5.14. The minimum Gasteiger partial charge on any atom is -0.194 e. The van der Waals surface area contributed by atoms with E-state index in [9.17, 15) is 0 Å². The average Bonchev–Trinajstić information content (AvgIpc) is 2.68. The van der Waals surface area contributed by atoms with Gasteiger partial charge < -0.3 is 0 Å². The van der Waals surface area contributed by atoms with Crippen molar-refractivity contribution < 1.29 is 4.57 Å². The fraction of sp³-hybridized carbons (Fsp3) is 0.0417. The normalized spacial score (nSPS) is 11.4. The molecule has 118 valence electrons. The van der Waals surface area contributed by atoms with Gasteiger partial charge in [-0.1, -0.05) is 60.7 Å². The number of pyridine rings is 1. The third-order valence-electron chi connectivity index (χ3n) is 5.14. The van der Waals surface area contributed by atoms with E-state index < -0.39 is 0 Å². The number of aryl methyl sites for hydroxylation is 1. The fourth-order valence-corrected chi connectivity index (χ4v) is 3.87. The molecule has 5 aromatic rings. The molecule has 0 bridgehead atoms. The third kappa shape index (κ3) is 2.13. The van der Waals surface area contributed by atoms with Gasteiger partial charge in [0.15, 0.2) is 0 Å². The van der Waals surface area contributed by atoms with E-state index in [0.29, 0.717) is 0 Å². The van der Waals surface area contributed by atoms with Gasteiger partial charge >= 0.3 is 0 Å². The van der Waals surface area contributed by atoms with E-state index in [-0.39, 0.29) is 0 Å². The highest BCUT2D eigenvalue weighted by atomic mass is 14.9. The van der Waals surface area contributed by atoms with Gasteiger partial charge in [-0.2, -0.15) is 4.57 Å². The fourth-order valence-electron chi connectivity index (χ4n) is 3.87. The zero-order chi connectivity index (χ0) is 16.8. The van der Waals surface area contributed by atoms with E-state index in [4.69, 9.17) is 0 Å². The van der Waals surface area contributed by atoms with E-state index in [1.165, 1.54) is 43.7 Å². The maximum atomic E-state index is 2.31. The highest BCUT2D eigenvalue weighted by Gasteiger charge is 2.17. The minimum absolute atomic E-state index is 1.24. The molecule has 0 aliphatic heterocycles. The van der Waals surface area contributed by atoms with E-state index in [2.05, 4.69) is 103 Å². The Bertz CT molecular complexity index is 1250. The monoisotopic (exact) mass is 320 g/mol. The Labute approximate surface area is 146 Å². The van der Waals surface area contributed by atoms with Gasteiger partial charge in [0.1, 0.15) is 7.05 Å². The minimum atomic E-state index is 1.24. The largest absolute Gasteiger partial charge is 0.213 e. The Hall–Kier alpha value is -3.19. The molecule has 0 amide bonds. The van der Waals surface area contributed by atoms with Crippen molar-refractivity contribution in [2.75, 3.05) is 0 Å². The summed E-state index contributed by atoms with van der Waals surface area (Å²) in [5.74, 6) is 0. The van der Waals surface area contributed by atoms with Crippen LogP contribution in [0.3, 0.4) is 0 Å². The molecule has 1 heterocycles. The van der Waals surface area contributed by atoms with Gasteiger partial charge in [-0.05, 0) is 39.7 Å².